The number of nitrogens with two attached hydrogens (primary N) is 1. The average molecular weight is 379 g/mol. The van der Waals surface area contributed by atoms with Gasteiger partial charge < -0.3 is 10.6 Å². The topological polar surface area (TPSA) is 29.3 Å². The predicted octanol–water partition coefficient (Wildman–Crippen LogP) is 5.02. The van der Waals surface area contributed by atoms with Gasteiger partial charge in [-0.05, 0) is 72.9 Å². The van der Waals surface area contributed by atoms with Crippen molar-refractivity contribution in [1.82, 2.24) is 4.90 Å². The van der Waals surface area contributed by atoms with Crippen LogP contribution in [0.4, 0.5) is 5.69 Å². The normalized spacial score (nSPS) is 22.6. The highest BCUT2D eigenvalue weighted by molar-refractivity contribution is 5.85. The van der Waals surface area contributed by atoms with Crippen LogP contribution in [0.3, 0.4) is 0 Å². The SMILES string of the molecule is Cl.Cl.Nc1ccc2c(c1)CCCC2CN1CCC(c2ccccc2)C1. The van der Waals surface area contributed by atoms with Crippen LogP contribution in [0, 0.1) is 0 Å². The molecule has 2 nitrogen and oxygen atoms in total. The minimum Gasteiger partial charge on any atom is -0.399 e. The zero-order valence-electron chi connectivity index (χ0n) is 14.6. The summed E-state index contributed by atoms with van der Waals surface area (Å²) in [6.45, 7) is 3.66. The lowest BCUT2D eigenvalue weighted by molar-refractivity contribution is 0.297. The van der Waals surface area contributed by atoms with Gasteiger partial charge in [0.05, 0.1) is 0 Å². The van der Waals surface area contributed by atoms with Crippen LogP contribution in [0.15, 0.2) is 48.5 Å². The van der Waals surface area contributed by atoms with E-state index >= 15 is 0 Å². The molecule has 0 spiro atoms. The highest BCUT2D eigenvalue weighted by atomic mass is 35.5. The molecule has 0 aromatic heterocycles. The van der Waals surface area contributed by atoms with Crippen LogP contribution in [0.1, 0.15) is 47.8 Å². The lowest BCUT2D eigenvalue weighted by Crippen LogP contribution is -2.28. The number of halogens is 2. The van der Waals surface area contributed by atoms with Crippen LogP contribution in [0.2, 0.25) is 0 Å². The first-order valence-electron chi connectivity index (χ1n) is 8.95. The summed E-state index contributed by atoms with van der Waals surface area (Å²) in [6.07, 6.45) is 5.12. The summed E-state index contributed by atoms with van der Waals surface area (Å²) in [5, 5.41) is 0. The monoisotopic (exact) mass is 378 g/mol. The number of likely N-dealkylation sites (tertiary alicyclic amines) is 1. The van der Waals surface area contributed by atoms with Gasteiger partial charge in [0.2, 0.25) is 0 Å². The van der Waals surface area contributed by atoms with Crippen molar-refractivity contribution in [2.45, 2.75) is 37.5 Å². The molecule has 0 amide bonds. The van der Waals surface area contributed by atoms with Gasteiger partial charge in [0, 0.05) is 18.8 Å². The highest BCUT2D eigenvalue weighted by Crippen LogP contribution is 2.35. The Kier molecular flexibility index (Phi) is 7.18. The third kappa shape index (κ3) is 4.49. The van der Waals surface area contributed by atoms with E-state index in [-0.39, 0.29) is 24.8 Å². The van der Waals surface area contributed by atoms with Gasteiger partial charge in [-0.25, -0.2) is 0 Å². The molecule has 25 heavy (non-hydrogen) atoms. The standard InChI is InChI=1S/C21H26N2.2ClH/c22-20-9-10-21-17(13-20)7-4-8-19(21)15-23-12-11-18(14-23)16-5-2-1-3-6-16;;/h1-3,5-6,9-10,13,18-19H,4,7-8,11-12,14-15,22H2;2*1H. The minimum absolute atomic E-state index is 0. The van der Waals surface area contributed by atoms with E-state index < -0.39 is 0 Å². The molecule has 0 saturated carbocycles. The van der Waals surface area contributed by atoms with Crippen molar-refractivity contribution in [2.24, 2.45) is 0 Å². The van der Waals surface area contributed by atoms with Gasteiger partial charge in [0.25, 0.3) is 0 Å². The zero-order chi connectivity index (χ0) is 15.6. The van der Waals surface area contributed by atoms with E-state index in [4.69, 9.17) is 5.73 Å². The van der Waals surface area contributed by atoms with Crippen molar-refractivity contribution in [3.8, 4) is 0 Å². The molecule has 2 aromatic rings. The number of rotatable bonds is 3. The smallest absolute Gasteiger partial charge is 0.0316 e. The van der Waals surface area contributed by atoms with E-state index in [0.717, 1.165) is 5.69 Å². The van der Waals surface area contributed by atoms with E-state index in [1.54, 1.807) is 5.56 Å². The fourth-order valence-electron chi connectivity index (χ4n) is 4.43. The van der Waals surface area contributed by atoms with Gasteiger partial charge in [-0.2, -0.15) is 0 Å². The molecule has 4 heteroatoms. The lowest BCUT2D eigenvalue weighted by atomic mass is 9.82. The summed E-state index contributed by atoms with van der Waals surface area (Å²) in [4.78, 5) is 2.67. The highest BCUT2D eigenvalue weighted by Gasteiger charge is 2.28. The van der Waals surface area contributed by atoms with Gasteiger partial charge >= 0.3 is 0 Å². The molecule has 136 valence electrons. The largest absolute Gasteiger partial charge is 0.399 e. The summed E-state index contributed by atoms with van der Waals surface area (Å²) in [6, 6.07) is 17.6. The number of hydrogen-bond donors (Lipinski definition) is 1. The first-order chi connectivity index (χ1) is 11.3. The first kappa shape index (κ1) is 20.1. The summed E-state index contributed by atoms with van der Waals surface area (Å²) in [5.74, 6) is 1.40. The molecular weight excluding hydrogens is 351 g/mol. The van der Waals surface area contributed by atoms with E-state index in [1.165, 1.54) is 56.4 Å². The number of nitrogens with zero attached hydrogens (tertiary/aromatic N) is 1. The number of nitrogen functional groups attached to an aromatic ring is 1. The van der Waals surface area contributed by atoms with Gasteiger partial charge in [-0.15, -0.1) is 24.8 Å². The maximum Gasteiger partial charge on any atom is 0.0316 e. The van der Waals surface area contributed by atoms with E-state index in [2.05, 4.69) is 53.4 Å². The number of fused-ring (bicyclic) bond motifs is 1. The van der Waals surface area contributed by atoms with Gasteiger partial charge in [-0.1, -0.05) is 36.4 Å². The third-order valence-electron chi connectivity index (χ3n) is 5.63. The number of hydrogen-bond acceptors (Lipinski definition) is 2. The van der Waals surface area contributed by atoms with E-state index in [0.29, 0.717) is 11.8 Å². The Balaban J connectivity index is 0.00000113. The molecule has 1 aliphatic heterocycles. The fourth-order valence-corrected chi connectivity index (χ4v) is 4.43. The van der Waals surface area contributed by atoms with Gasteiger partial charge in [-0.3, -0.25) is 0 Å². The van der Waals surface area contributed by atoms with Gasteiger partial charge in [0.15, 0.2) is 0 Å². The van der Waals surface area contributed by atoms with Crippen molar-refractivity contribution >= 4 is 30.5 Å². The summed E-state index contributed by atoms with van der Waals surface area (Å²) < 4.78 is 0. The van der Waals surface area contributed by atoms with Crippen molar-refractivity contribution in [3.63, 3.8) is 0 Å². The Hall–Kier alpha value is -1.22. The second-order valence-corrected chi connectivity index (χ2v) is 7.20. The molecule has 2 atom stereocenters. The van der Waals surface area contributed by atoms with Crippen molar-refractivity contribution in [1.29, 1.82) is 0 Å². The molecule has 1 heterocycles. The molecular formula is C21H28Cl2N2. The molecule has 4 rings (SSSR count). The molecule has 1 fully saturated rings. The van der Waals surface area contributed by atoms with Gasteiger partial charge in [0.1, 0.15) is 0 Å². The molecule has 2 N–H and O–H groups in total. The second-order valence-electron chi connectivity index (χ2n) is 7.20. The fraction of sp³-hybridized carbons (Fsp3) is 0.429. The van der Waals surface area contributed by atoms with Crippen LogP contribution in [-0.4, -0.2) is 24.5 Å². The van der Waals surface area contributed by atoms with Crippen molar-refractivity contribution < 1.29 is 0 Å². The number of aryl methyl sites for hydroxylation is 1. The predicted molar refractivity (Wildman–Crippen MR) is 111 cm³/mol. The first-order valence-corrected chi connectivity index (χ1v) is 8.95. The van der Waals surface area contributed by atoms with Crippen molar-refractivity contribution in [3.05, 3.63) is 65.2 Å². The molecule has 1 saturated heterocycles. The maximum absolute atomic E-state index is 5.96. The molecule has 2 unspecified atom stereocenters. The Morgan fingerprint density at radius 3 is 2.60 bits per heavy atom. The van der Waals surface area contributed by atoms with Crippen LogP contribution >= 0.6 is 24.8 Å². The molecule has 0 bridgehead atoms. The van der Waals surface area contributed by atoms with E-state index in [1.807, 2.05) is 0 Å². The van der Waals surface area contributed by atoms with Crippen molar-refractivity contribution in [2.75, 3.05) is 25.4 Å². The lowest BCUT2D eigenvalue weighted by Gasteiger charge is -2.29. The molecule has 2 aromatic carbocycles. The Morgan fingerprint density at radius 1 is 1.00 bits per heavy atom. The van der Waals surface area contributed by atoms with Crippen LogP contribution in [0.5, 0.6) is 0 Å². The second kappa shape index (κ2) is 8.93. The quantitative estimate of drug-likeness (QED) is 0.759. The summed E-state index contributed by atoms with van der Waals surface area (Å²) in [5.41, 5.74) is 11.4. The van der Waals surface area contributed by atoms with E-state index in [9.17, 15) is 0 Å². The molecule has 2 aliphatic rings. The summed E-state index contributed by atoms with van der Waals surface area (Å²) >= 11 is 0. The van der Waals surface area contributed by atoms with Crippen LogP contribution in [0.25, 0.3) is 0 Å². The minimum atomic E-state index is 0. The Bertz CT molecular complexity index is 675. The molecule has 0 radical (unpaired) electrons. The average Bonchev–Trinajstić information content (AvgIpc) is 3.04. The number of benzene rings is 2. The maximum atomic E-state index is 5.96. The van der Waals surface area contributed by atoms with Crippen LogP contribution < -0.4 is 5.73 Å². The third-order valence-corrected chi connectivity index (χ3v) is 5.63. The zero-order valence-corrected chi connectivity index (χ0v) is 16.2. The molecule has 1 aliphatic carbocycles. The Labute approximate surface area is 163 Å². The number of anilines is 1. The van der Waals surface area contributed by atoms with Crippen LogP contribution in [-0.2, 0) is 6.42 Å². The Morgan fingerprint density at radius 2 is 1.80 bits per heavy atom. The summed E-state index contributed by atoms with van der Waals surface area (Å²) in [7, 11) is 0.